The van der Waals surface area contributed by atoms with Gasteiger partial charge in [0.05, 0.1) is 0 Å². The number of allylic oxidation sites excluding steroid dienone is 8. The topological polar surface area (TPSA) is 0 Å². The Morgan fingerprint density at radius 2 is 1.75 bits per heavy atom. The zero-order valence-corrected chi connectivity index (χ0v) is 19.1. The van der Waals surface area contributed by atoms with Crippen molar-refractivity contribution in [3.05, 3.63) is 42.5 Å². The second kappa shape index (κ2) is 11.2. The van der Waals surface area contributed by atoms with Crippen molar-refractivity contribution in [2.24, 2.45) is 5.41 Å². The molecule has 0 spiro atoms. The summed E-state index contributed by atoms with van der Waals surface area (Å²) < 4.78 is 3.60. The van der Waals surface area contributed by atoms with Gasteiger partial charge < -0.3 is 0 Å². The van der Waals surface area contributed by atoms with E-state index in [0.717, 1.165) is 0 Å². The molecule has 1 fully saturated rings. The fraction of sp³-hybridized carbons (Fsp3) is 0.619. The van der Waals surface area contributed by atoms with E-state index in [1.807, 2.05) is 3.28 Å². The van der Waals surface area contributed by atoms with Crippen molar-refractivity contribution < 1.29 is 23.2 Å². The van der Waals surface area contributed by atoms with Crippen molar-refractivity contribution in [1.82, 2.24) is 0 Å². The SMILES string of the molecule is CCCCC1(C2=CC[C]([Zr][C]3=CC=CC3)=C2)CCCCCC1.Cl.Cl. The van der Waals surface area contributed by atoms with Gasteiger partial charge in [0, 0.05) is 0 Å². The van der Waals surface area contributed by atoms with Crippen LogP contribution in [0.15, 0.2) is 42.5 Å². The predicted octanol–water partition coefficient (Wildman–Crippen LogP) is 7.50. The van der Waals surface area contributed by atoms with Crippen molar-refractivity contribution in [1.29, 1.82) is 0 Å². The fourth-order valence-corrected chi connectivity index (χ4v) is 7.39. The van der Waals surface area contributed by atoms with Crippen LogP contribution in [0.4, 0.5) is 0 Å². The van der Waals surface area contributed by atoms with Crippen LogP contribution in [-0.4, -0.2) is 0 Å². The van der Waals surface area contributed by atoms with Crippen molar-refractivity contribution in [2.75, 3.05) is 0 Å². The van der Waals surface area contributed by atoms with Crippen LogP contribution < -0.4 is 0 Å². The van der Waals surface area contributed by atoms with Gasteiger partial charge in [0.2, 0.25) is 0 Å². The van der Waals surface area contributed by atoms with Gasteiger partial charge in [0.25, 0.3) is 0 Å². The van der Waals surface area contributed by atoms with Gasteiger partial charge in [0.15, 0.2) is 0 Å². The summed E-state index contributed by atoms with van der Waals surface area (Å²) in [6, 6.07) is 0. The maximum absolute atomic E-state index is 2.67. The smallest absolute Gasteiger partial charge is 0.147 e. The molecule has 24 heavy (non-hydrogen) atoms. The van der Waals surface area contributed by atoms with Gasteiger partial charge in [-0.15, -0.1) is 24.8 Å². The van der Waals surface area contributed by atoms with Crippen molar-refractivity contribution >= 4 is 24.8 Å². The van der Waals surface area contributed by atoms with E-state index in [2.05, 4.69) is 37.3 Å². The molecule has 3 aliphatic rings. The van der Waals surface area contributed by atoms with E-state index >= 15 is 0 Å². The van der Waals surface area contributed by atoms with Crippen LogP contribution in [0.2, 0.25) is 0 Å². The normalized spacial score (nSPS) is 21.8. The summed E-state index contributed by atoms with van der Waals surface area (Å²) in [5.41, 5.74) is 2.31. The molecule has 0 aromatic carbocycles. The molecule has 0 unspecified atom stereocenters. The van der Waals surface area contributed by atoms with E-state index in [-0.39, 0.29) is 24.8 Å². The van der Waals surface area contributed by atoms with Crippen molar-refractivity contribution in [3.63, 3.8) is 0 Å². The third-order valence-corrected chi connectivity index (χ3v) is 8.99. The quantitative estimate of drug-likeness (QED) is 0.371. The van der Waals surface area contributed by atoms with E-state index in [9.17, 15) is 0 Å². The Morgan fingerprint density at radius 1 is 1.00 bits per heavy atom. The summed E-state index contributed by atoms with van der Waals surface area (Å²) in [7, 11) is 0. The van der Waals surface area contributed by atoms with Gasteiger partial charge in [-0.3, -0.25) is 0 Å². The second-order valence-corrected chi connectivity index (χ2v) is 11.1. The molecule has 134 valence electrons. The Hall–Kier alpha value is 0.423. The van der Waals surface area contributed by atoms with Crippen LogP contribution in [0.5, 0.6) is 0 Å². The van der Waals surface area contributed by atoms with Crippen molar-refractivity contribution in [2.45, 2.75) is 77.6 Å². The third kappa shape index (κ3) is 5.72. The molecule has 0 aliphatic heterocycles. The number of rotatable bonds is 6. The number of unbranched alkanes of at least 4 members (excludes halogenated alkanes) is 1. The van der Waals surface area contributed by atoms with Crippen LogP contribution in [0.1, 0.15) is 77.6 Å². The Kier molecular flexibility index (Phi) is 10.5. The Morgan fingerprint density at radius 3 is 2.38 bits per heavy atom. The second-order valence-electron chi connectivity index (χ2n) is 7.28. The summed E-state index contributed by atoms with van der Waals surface area (Å²) in [6.07, 6.45) is 27.8. The summed E-state index contributed by atoms with van der Waals surface area (Å²) in [4.78, 5) is 0. The molecular formula is C21H32Cl2Zr. The van der Waals surface area contributed by atoms with Gasteiger partial charge in [-0.05, 0) is 0 Å². The Balaban J connectivity index is 0.00000144. The van der Waals surface area contributed by atoms with E-state index in [0.29, 0.717) is 5.41 Å². The molecule has 0 aromatic heterocycles. The summed E-state index contributed by atoms with van der Waals surface area (Å²) in [5.74, 6) is 0. The first-order valence-corrected chi connectivity index (χ1v) is 11.8. The summed E-state index contributed by atoms with van der Waals surface area (Å²) in [6.45, 7) is 2.35. The molecule has 0 aromatic rings. The molecular weight excluding hydrogens is 414 g/mol. The first kappa shape index (κ1) is 22.5. The van der Waals surface area contributed by atoms with Crippen LogP contribution in [0.3, 0.4) is 0 Å². The standard InChI is InChI=1S/C16H25.C5H5.2ClH.Zr/c1-2-3-12-16(15-10-6-7-11-15)13-8-4-5-9-14-16;1-2-4-5-3-1;;;/h10-11H,2-6,8-9,12-14H2,1H3;1-3H,4H2;2*1H;. The maximum atomic E-state index is 2.67. The number of hydrogen-bond donors (Lipinski definition) is 0. The molecule has 0 N–H and O–H groups in total. The average Bonchev–Trinajstić information content (AvgIpc) is 3.15. The largest absolute Gasteiger partial charge is 0.147 e. The first-order valence-electron chi connectivity index (χ1n) is 9.36. The number of hydrogen-bond acceptors (Lipinski definition) is 0. The summed E-state index contributed by atoms with van der Waals surface area (Å²) in [5, 5.41) is 0. The van der Waals surface area contributed by atoms with Crippen LogP contribution >= 0.6 is 24.8 Å². The molecule has 0 bridgehead atoms. The predicted molar refractivity (Wildman–Crippen MR) is 107 cm³/mol. The van der Waals surface area contributed by atoms with E-state index < -0.39 is 23.2 Å². The van der Waals surface area contributed by atoms with Crippen LogP contribution in [-0.2, 0) is 23.2 Å². The molecule has 0 atom stereocenters. The van der Waals surface area contributed by atoms with E-state index in [1.54, 1.807) is 8.85 Å². The average molecular weight is 447 g/mol. The zero-order chi connectivity index (χ0) is 15.3. The van der Waals surface area contributed by atoms with Crippen LogP contribution in [0, 0.1) is 5.41 Å². The minimum Gasteiger partial charge on any atom is -0.147 e. The zero-order valence-electron chi connectivity index (χ0n) is 15.0. The molecule has 3 heteroatoms. The first-order chi connectivity index (χ1) is 10.8. The minimum absolute atomic E-state index is 0. The molecule has 0 saturated heterocycles. The Labute approximate surface area is 172 Å². The van der Waals surface area contributed by atoms with Gasteiger partial charge in [-0.2, -0.15) is 0 Å². The van der Waals surface area contributed by atoms with E-state index in [4.69, 9.17) is 0 Å². The molecule has 0 heterocycles. The molecule has 3 aliphatic carbocycles. The van der Waals surface area contributed by atoms with Gasteiger partial charge in [0.1, 0.15) is 0 Å². The van der Waals surface area contributed by atoms with Gasteiger partial charge >= 0.3 is 149 Å². The van der Waals surface area contributed by atoms with E-state index in [1.165, 1.54) is 70.6 Å². The Bertz CT molecular complexity index is 506. The third-order valence-electron chi connectivity index (χ3n) is 5.65. The van der Waals surface area contributed by atoms with Gasteiger partial charge in [-0.25, -0.2) is 0 Å². The van der Waals surface area contributed by atoms with Gasteiger partial charge in [-0.1, -0.05) is 0 Å². The summed E-state index contributed by atoms with van der Waals surface area (Å²) >= 11 is -0.453. The molecule has 0 radical (unpaired) electrons. The maximum Gasteiger partial charge on any atom is -0.147 e. The van der Waals surface area contributed by atoms with Crippen molar-refractivity contribution in [3.8, 4) is 0 Å². The molecule has 0 nitrogen and oxygen atoms in total. The number of halogens is 2. The minimum atomic E-state index is -0.453. The molecule has 1 saturated carbocycles. The monoisotopic (exact) mass is 444 g/mol. The molecule has 3 rings (SSSR count). The van der Waals surface area contributed by atoms with Crippen LogP contribution in [0.25, 0.3) is 0 Å². The molecule has 0 amide bonds. The fourth-order valence-electron chi connectivity index (χ4n) is 4.33.